The Kier molecular flexibility index (Phi) is 5.23. The highest BCUT2D eigenvalue weighted by molar-refractivity contribution is 5.78. The minimum atomic E-state index is -1.45. The minimum Gasteiger partial charge on any atom is -0.474 e. The molecule has 25 heavy (non-hydrogen) atoms. The Balaban J connectivity index is 1.49. The molecule has 1 amide bonds. The van der Waals surface area contributed by atoms with Gasteiger partial charge in [-0.15, -0.1) is 0 Å². The van der Waals surface area contributed by atoms with Gasteiger partial charge >= 0.3 is 0 Å². The van der Waals surface area contributed by atoms with E-state index in [0.29, 0.717) is 11.4 Å². The average Bonchev–Trinajstić information content (AvgIpc) is 2.57. The summed E-state index contributed by atoms with van der Waals surface area (Å²) in [4.78, 5) is 16.0. The van der Waals surface area contributed by atoms with Crippen LogP contribution in [0, 0.1) is 5.82 Å². The van der Waals surface area contributed by atoms with Gasteiger partial charge in [0.25, 0.3) is 0 Å². The third-order valence-electron chi connectivity index (χ3n) is 3.74. The third kappa shape index (κ3) is 4.96. The van der Waals surface area contributed by atoms with Crippen LogP contribution in [0.5, 0.6) is 5.88 Å². The van der Waals surface area contributed by atoms with E-state index in [1.807, 2.05) is 0 Å². The molecule has 0 atom stereocenters. The zero-order valence-corrected chi connectivity index (χ0v) is 13.5. The van der Waals surface area contributed by atoms with Gasteiger partial charge < -0.3 is 14.8 Å². The summed E-state index contributed by atoms with van der Waals surface area (Å²) in [5, 5.41) is 2.75. The molecular formula is C18H18F2N2O3. The largest absolute Gasteiger partial charge is 0.474 e. The SMILES string of the molecule is O=C(Cc1cccc(F)c1)NCc1ccnc(OCC2(F)COC2)c1. The third-order valence-corrected chi connectivity index (χ3v) is 3.74. The zero-order valence-electron chi connectivity index (χ0n) is 13.5. The van der Waals surface area contributed by atoms with Crippen LogP contribution >= 0.6 is 0 Å². The van der Waals surface area contributed by atoms with Gasteiger partial charge in [-0.1, -0.05) is 12.1 Å². The Morgan fingerprint density at radius 3 is 2.84 bits per heavy atom. The standard InChI is InChI=1S/C18H18F2N2O3/c19-15-3-1-2-13(6-15)7-16(23)22-9-14-4-5-21-17(8-14)25-12-18(20)10-24-11-18/h1-6,8H,7,9-12H2,(H,22,23). The minimum absolute atomic E-state index is 0.0306. The van der Waals surface area contributed by atoms with E-state index in [1.54, 1.807) is 24.3 Å². The molecule has 2 aromatic rings. The lowest BCUT2D eigenvalue weighted by molar-refractivity contribution is -0.146. The van der Waals surface area contributed by atoms with Gasteiger partial charge in [-0.05, 0) is 29.3 Å². The summed E-state index contributed by atoms with van der Waals surface area (Å²) in [5.41, 5.74) is -0.0702. The lowest BCUT2D eigenvalue weighted by atomic mass is 10.1. The fraction of sp³-hybridized carbons (Fsp3) is 0.333. The summed E-state index contributed by atoms with van der Waals surface area (Å²) < 4.78 is 37.1. The van der Waals surface area contributed by atoms with Crippen molar-refractivity contribution in [2.75, 3.05) is 19.8 Å². The van der Waals surface area contributed by atoms with Crippen LogP contribution in [0.3, 0.4) is 0 Å². The Bertz CT molecular complexity index is 751. The highest BCUT2D eigenvalue weighted by Crippen LogP contribution is 2.23. The molecule has 1 aliphatic heterocycles. The number of hydrogen-bond donors (Lipinski definition) is 1. The van der Waals surface area contributed by atoms with E-state index < -0.39 is 5.67 Å². The van der Waals surface area contributed by atoms with Crippen molar-refractivity contribution >= 4 is 5.91 Å². The maximum Gasteiger partial charge on any atom is 0.224 e. The van der Waals surface area contributed by atoms with Crippen LogP contribution < -0.4 is 10.1 Å². The van der Waals surface area contributed by atoms with Crippen LogP contribution in [0.25, 0.3) is 0 Å². The molecule has 1 N–H and O–H groups in total. The normalized spacial score (nSPS) is 15.3. The number of hydrogen-bond acceptors (Lipinski definition) is 4. The topological polar surface area (TPSA) is 60.5 Å². The Morgan fingerprint density at radius 1 is 1.28 bits per heavy atom. The number of halogens is 2. The number of pyridine rings is 1. The molecule has 1 saturated heterocycles. The fourth-order valence-electron chi connectivity index (χ4n) is 2.34. The number of ether oxygens (including phenoxy) is 2. The molecule has 0 unspecified atom stereocenters. The molecule has 0 spiro atoms. The first-order valence-electron chi connectivity index (χ1n) is 7.88. The van der Waals surface area contributed by atoms with Gasteiger partial charge in [-0.3, -0.25) is 4.79 Å². The van der Waals surface area contributed by atoms with Gasteiger partial charge in [0, 0.05) is 18.8 Å². The Labute approximate surface area is 144 Å². The van der Waals surface area contributed by atoms with Crippen molar-refractivity contribution in [2.24, 2.45) is 0 Å². The van der Waals surface area contributed by atoms with Crippen LogP contribution in [0.15, 0.2) is 42.6 Å². The number of rotatable bonds is 7. The smallest absolute Gasteiger partial charge is 0.224 e. The lowest BCUT2D eigenvalue weighted by Gasteiger charge is -2.32. The number of carbonyl (C=O) groups is 1. The van der Waals surface area contributed by atoms with Crippen LogP contribution in [-0.4, -0.2) is 36.4 Å². The van der Waals surface area contributed by atoms with Crippen molar-refractivity contribution in [2.45, 2.75) is 18.6 Å². The first kappa shape index (κ1) is 17.3. The fourth-order valence-corrected chi connectivity index (χ4v) is 2.34. The molecule has 132 valence electrons. The van der Waals surface area contributed by atoms with Crippen molar-refractivity contribution in [1.29, 1.82) is 0 Å². The molecule has 1 aromatic heterocycles. The molecule has 0 saturated carbocycles. The highest BCUT2D eigenvalue weighted by Gasteiger charge is 2.39. The van der Waals surface area contributed by atoms with E-state index in [9.17, 15) is 13.6 Å². The summed E-state index contributed by atoms with van der Waals surface area (Å²) in [6.45, 7) is 0.220. The molecule has 1 fully saturated rings. The monoisotopic (exact) mass is 348 g/mol. The second-order valence-corrected chi connectivity index (χ2v) is 6.02. The van der Waals surface area contributed by atoms with E-state index in [4.69, 9.17) is 9.47 Å². The van der Waals surface area contributed by atoms with Gasteiger partial charge in [0.2, 0.25) is 11.8 Å². The van der Waals surface area contributed by atoms with E-state index in [-0.39, 0.29) is 44.5 Å². The van der Waals surface area contributed by atoms with Gasteiger partial charge in [-0.25, -0.2) is 13.8 Å². The number of nitrogens with zero attached hydrogens (tertiary/aromatic N) is 1. The number of benzene rings is 1. The van der Waals surface area contributed by atoms with Gasteiger partial charge in [0.15, 0.2) is 5.67 Å². The first-order valence-corrected chi connectivity index (χ1v) is 7.88. The van der Waals surface area contributed by atoms with Crippen LogP contribution in [-0.2, 0) is 22.5 Å². The van der Waals surface area contributed by atoms with E-state index >= 15 is 0 Å². The summed E-state index contributed by atoms with van der Waals surface area (Å²) in [6.07, 6.45) is 1.63. The van der Waals surface area contributed by atoms with Gasteiger partial charge in [-0.2, -0.15) is 0 Å². The summed E-state index contributed by atoms with van der Waals surface area (Å²) >= 11 is 0. The van der Waals surface area contributed by atoms with Gasteiger partial charge in [0.05, 0.1) is 19.6 Å². The maximum atomic E-state index is 13.8. The van der Waals surface area contributed by atoms with Crippen molar-refractivity contribution in [1.82, 2.24) is 10.3 Å². The lowest BCUT2D eigenvalue weighted by Crippen LogP contribution is -2.50. The summed E-state index contributed by atoms with van der Waals surface area (Å²) in [7, 11) is 0. The molecule has 3 rings (SSSR count). The first-order chi connectivity index (χ1) is 12.0. The number of amides is 1. The molecule has 5 nitrogen and oxygen atoms in total. The van der Waals surface area contributed by atoms with Gasteiger partial charge in [0.1, 0.15) is 12.4 Å². The van der Waals surface area contributed by atoms with Crippen molar-refractivity contribution in [3.63, 3.8) is 0 Å². The predicted molar refractivity (Wildman–Crippen MR) is 86.3 cm³/mol. The molecular weight excluding hydrogens is 330 g/mol. The van der Waals surface area contributed by atoms with Crippen molar-refractivity contribution in [3.05, 3.63) is 59.5 Å². The molecule has 2 heterocycles. The Morgan fingerprint density at radius 2 is 2.12 bits per heavy atom. The average molecular weight is 348 g/mol. The Hall–Kier alpha value is -2.54. The summed E-state index contributed by atoms with van der Waals surface area (Å²) in [5.74, 6) is -0.302. The van der Waals surface area contributed by atoms with Crippen molar-refractivity contribution < 1.29 is 23.0 Å². The quantitative estimate of drug-likeness (QED) is 0.833. The zero-order chi connectivity index (χ0) is 17.7. The van der Waals surface area contributed by atoms with Crippen LogP contribution in [0.4, 0.5) is 8.78 Å². The number of nitrogens with one attached hydrogen (secondary N) is 1. The highest BCUT2D eigenvalue weighted by atomic mass is 19.1. The maximum absolute atomic E-state index is 13.8. The summed E-state index contributed by atoms with van der Waals surface area (Å²) in [6, 6.07) is 9.29. The predicted octanol–water partition coefficient (Wildman–Crippen LogP) is 2.20. The van der Waals surface area contributed by atoms with E-state index in [0.717, 1.165) is 5.56 Å². The molecule has 0 radical (unpaired) electrons. The molecule has 0 aliphatic carbocycles. The van der Waals surface area contributed by atoms with Crippen molar-refractivity contribution in [3.8, 4) is 5.88 Å². The van der Waals surface area contributed by atoms with E-state index in [2.05, 4.69) is 10.3 Å². The van der Waals surface area contributed by atoms with Crippen LogP contribution in [0.2, 0.25) is 0 Å². The molecule has 1 aliphatic rings. The number of aromatic nitrogens is 1. The molecule has 0 bridgehead atoms. The molecule has 7 heteroatoms. The van der Waals surface area contributed by atoms with E-state index in [1.165, 1.54) is 18.3 Å². The second kappa shape index (κ2) is 7.57. The number of carbonyl (C=O) groups excluding carboxylic acids is 1. The molecule has 1 aromatic carbocycles. The van der Waals surface area contributed by atoms with Crippen LogP contribution in [0.1, 0.15) is 11.1 Å². The number of alkyl halides is 1. The second-order valence-electron chi connectivity index (χ2n) is 6.02.